The van der Waals surface area contributed by atoms with Crippen molar-refractivity contribution in [2.24, 2.45) is 10.9 Å². The van der Waals surface area contributed by atoms with Crippen LogP contribution >= 0.6 is 11.8 Å². The van der Waals surface area contributed by atoms with E-state index in [4.69, 9.17) is 0 Å². The van der Waals surface area contributed by atoms with Crippen LogP contribution in [0.1, 0.15) is 12.8 Å². The molecule has 1 fully saturated rings. The third kappa shape index (κ3) is 1.12. The van der Waals surface area contributed by atoms with Crippen molar-refractivity contribution in [1.82, 2.24) is 0 Å². The minimum absolute atomic E-state index is 0.854. The summed E-state index contributed by atoms with van der Waals surface area (Å²) in [5.74, 6) is 2.18. The topological polar surface area (TPSA) is 12.4 Å². The fourth-order valence-electron chi connectivity index (χ4n) is 1.48. The number of hydrogen-bond acceptors (Lipinski definition) is 2. The van der Waals surface area contributed by atoms with Gasteiger partial charge in [0.05, 0.1) is 0 Å². The number of nitrogens with zero attached hydrogens (tertiary/aromatic N) is 1. The molecular formula is C8H11NS. The van der Waals surface area contributed by atoms with E-state index in [9.17, 15) is 0 Å². The summed E-state index contributed by atoms with van der Waals surface area (Å²) in [6.45, 7) is 1.03. The van der Waals surface area contributed by atoms with Gasteiger partial charge in [0.2, 0.25) is 0 Å². The maximum absolute atomic E-state index is 4.24. The molecular weight excluding hydrogens is 142 g/mol. The van der Waals surface area contributed by atoms with Gasteiger partial charge in [-0.25, -0.2) is 0 Å². The lowest BCUT2D eigenvalue weighted by Crippen LogP contribution is -1.96. The van der Waals surface area contributed by atoms with Crippen LogP contribution in [-0.2, 0) is 0 Å². The van der Waals surface area contributed by atoms with E-state index < -0.39 is 0 Å². The average molecular weight is 153 g/mol. The molecule has 10 heavy (non-hydrogen) atoms. The van der Waals surface area contributed by atoms with Gasteiger partial charge in [0, 0.05) is 12.8 Å². The van der Waals surface area contributed by atoms with E-state index in [-0.39, 0.29) is 0 Å². The van der Waals surface area contributed by atoms with E-state index in [1.165, 1.54) is 18.6 Å². The van der Waals surface area contributed by atoms with Crippen molar-refractivity contribution < 1.29 is 0 Å². The molecule has 2 heteroatoms. The lowest BCUT2D eigenvalue weighted by atomic mass is 10.0. The van der Waals surface area contributed by atoms with Crippen LogP contribution in [0.2, 0.25) is 0 Å². The van der Waals surface area contributed by atoms with Crippen LogP contribution in [0.3, 0.4) is 0 Å². The van der Waals surface area contributed by atoms with E-state index in [2.05, 4.69) is 11.1 Å². The SMILES string of the molecule is C1=NCCC2CCSC2=C1. The van der Waals surface area contributed by atoms with E-state index in [1.54, 1.807) is 4.91 Å². The van der Waals surface area contributed by atoms with E-state index in [0.29, 0.717) is 0 Å². The number of rotatable bonds is 0. The predicted octanol–water partition coefficient (Wildman–Crippen LogP) is 2.10. The highest BCUT2D eigenvalue weighted by atomic mass is 32.2. The van der Waals surface area contributed by atoms with Crippen LogP contribution in [0, 0.1) is 5.92 Å². The molecule has 54 valence electrons. The van der Waals surface area contributed by atoms with E-state index in [1.807, 2.05) is 18.0 Å². The lowest BCUT2D eigenvalue weighted by Gasteiger charge is -2.04. The molecule has 2 rings (SSSR count). The van der Waals surface area contributed by atoms with Crippen molar-refractivity contribution in [2.45, 2.75) is 12.8 Å². The Balaban J connectivity index is 2.18. The number of thioether (sulfide) groups is 1. The van der Waals surface area contributed by atoms with Gasteiger partial charge in [0.15, 0.2) is 0 Å². The summed E-state index contributed by atoms with van der Waals surface area (Å²) in [5, 5.41) is 0. The highest BCUT2D eigenvalue weighted by molar-refractivity contribution is 8.03. The highest BCUT2D eigenvalue weighted by Crippen LogP contribution is 2.38. The molecule has 1 atom stereocenters. The van der Waals surface area contributed by atoms with E-state index in [0.717, 1.165) is 12.5 Å². The zero-order chi connectivity index (χ0) is 6.81. The zero-order valence-corrected chi connectivity index (χ0v) is 6.73. The van der Waals surface area contributed by atoms with Crippen LogP contribution in [0.4, 0.5) is 0 Å². The van der Waals surface area contributed by atoms with E-state index >= 15 is 0 Å². The second-order valence-electron chi connectivity index (χ2n) is 2.75. The van der Waals surface area contributed by atoms with Crippen molar-refractivity contribution in [1.29, 1.82) is 0 Å². The maximum Gasteiger partial charge on any atom is 0.0395 e. The van der Waals surface area contributed by atoms with Crippen molar-refractivity contribution in [3.63, 3.8) is 0 Å². The van der Waals surface area contributed by atoms with Gasteiger partial charge >= 0.3 is 0 Å². The van der Waals surface area contributed by atoms with Crippen LogP contribution in [0.25, 0.3) is 0 Å². The molecule has 2 aliphatic heterocycles. The molecule has 0 N–H and O–H groups in total. The Bertz CT molecular complexity index is 184. The van der Waals surface area contributed by atoms with Gasteiger partial charge in [0.25, 0.3) is 0 Å². The fraction of sp³-hybridized carbons (Fsp3) is 0.625. The molecule has 0 bridgehead atoms. The molecule has 0 aromatic carbocycles. The van der Waals surface area contributed by atoms with Gasteiger partial charge in [-0.3, -0.25) is 4.99 Å². The van der Waals surface area contributed by atoms with Gasteiger partial charge in [-0.1, -0.05) is 0 Å². The minimum atomic E-state index is 0.854. The van der Waals surface area contributed by atoms with Gasteiger partial charge in [-0.2, -0.15) is 0 Å². The molecule has 0 aromatic heterocycles. The van der Waals surface area contributed by atoms with Crippen LogP contribution in [0.15, 0.2) is 16.0 Å². The van der Waals surface area contributed by atoms with Crippen molar-refractivity contribution in [3.8, 4) is 0 Å². The number of allylic oxidation sites excluding steroid dienone is 2. The van der Waals surface area contributed by atoms with Crippen LogP contribution in [0.5, 0.6) is 0 Å². The molecule has 0 spiro atoms. The Morgan fingerprint density at radius 2 is 2.50 bits per heavy atom. The second-order valence-corrected chi connectivity index (χ2v) is 3.92. The second kappa shape index (κ2) is 2.79. The Morgan fingerprint density at radius 3 is 3.50 bits per heavy atom. The minimum Gasteiger partial charge on any atom is -0.293 e. The standard InChI is InChI=1S/C8H11NS/c1-4-9-5-2-8-7(1)3-6-10-8/h2,5,7H,1,3-4,6H2. The average Bonchev–Trinajstić information content (AvgIpc) is 2.28. The summed E-state index contributed by atoms with van der Waals surface area (Å²) in [4.78, 5) is 5.81. The molecule has 1 saturated heterocycles. The lowest BCUT2D eigenvalue weighted by molar-refractivity contribution is 0.597. The van der Waals surface area contributed by atoms with Crippen LogP contribution in [-0.4, -0.2) is 18.5 Å². The number of fused-ring (bicyclic) bond motifs is 1. The van der Waals surface area contributed by atoms with Crippen molar-refractivity contribution in [3.05, 3.63) is 11.0 Å². The van der Waals surface area contributed by atoms with Crippen molar-refractivity contribution in [2.75, 3.05) is 12.3 Å². The molecule has 0 radical (unpaired) electrons. The predicted molar refractivity (Wildman–Crippen MR) is 46.6 cm³/mol. The first-order valence-corrected chi connectivity index (χ1v) is 4.78. The Labute approximate surface area is 65.6 Å². The normalized spacial score (nSPS) is 31.2. The number of hydrogen-bond donors (Lipinski definition) is 0. The smallest absolute Gasteiger partial charge is 0.0395 e. The zero-order valence-electron chi connectivity index (χ0n) is 5.92. The summed E-state index contributed by atoms with van der Waals surface area (Å²) in [7, 11) is 0. The molecule has 0 saturated carbocycles. The van der Waals surface area contributed by atoms with Gasteiger partial charge < -0.3 is 0 Å². The van der Waals surface area contributed by atoms with Gasteiger partial charge in [-0.15, -0.1) is 11.8 Å². The largest absolute Gasteiger partial charge is 0.293 e. The Kier molecular flexibility index (Phi) is 1.80. The summed E-state index contributed by atoms with van der Waals surface area (Å²) >= 11 is 2.01. The quantitative estimate of drug-likeness (QED) is 0.519. The molecule has 1 nitrogen and oxygen atoms in total. The summed E-state index contributed by atoms with van der Waals surface area (Å²) in [6, 6.07) is 0. The molecule has 1 unspecified atom stereocenters. The number of aliphatic imine (C=N–C) groups is 1. The Hall–Kier alpha value is -0.240. The summed E-state index contributed by atoms with van der Waals surface area (Å²) in [5.41, 5.74) is 0. The molecule has 0 amide bonds. The molecule has 0 aromatic rings. The Morgan fingerprint density at radius 1 is 1.50 bits per heavy atom. The molecule has 2 aliphatic rings. The first-order chi connectivity index (χ1) is 4.97. The third-order valence-electron chi connectivity index (χ3n) is 2.09. The molecule has 2 heterocycles. The maximum atomic E-state index is 4.24. The van der Waals surface area contributed by atoms with Crippen LogP contribution < -0.4 is 0 Å². The third-order valence-corrected chi connectivity index (χ3v) is 3.33. The van der Waals surface area contributed by atoms with Gasteiger partial charge in [-0.05, 0) is 35.5 Å². The summed E-state index contributed by atoms with van der Waals surface area (Å²) in [6.07, 6.45) is 6.80. The summed E-state index contributed by atoms with van der Waals surface area (Å²) < 4.78 is 0. The fourth-order valence-corrected chi connectivity index (χ4v) is 2.75. The van der Waals surface area contributed by atoms with Crippen molar-refractivity contribution >= 4 is 18.0 Å². The highest BCUT2D eigenvalue weighted by Gasteiger charge is 2.21. The first-order valence-electron chi connectivity index (χ1n) is 3.79. The molecule has 0 aliphatic carbocycles. The first kappa shape index (κ1) is 6.47. The monoisotopic (exact) mass is 153 g/mol. The van der Waals surface area contributed by atoms with Gasteiger partial charge in [0.1, 0.15) is 0 Å².